The normalized spacial score (nSPS) is 10.5. The van der Waals surface area contributed by atoms with Gasteiger partial charge in [-0.3, -0.25) is 10.1 Å². The summed E-state index contributed by atoms with van der Waals surface area (Å²) in [6.45, 7) is 0. The predicted molar refractivity (Wildman–Crippen MR) is 65.9 cm³/mol. The first-order valence-electron chi connectivity index (χ1n) is 4.98. The summed E-state index contributed by atoms with van der Waals surface area (Å²) in [6.07, 6.45) is 0. The number of carbonyl (C=O) groups is 1. The molecule has 3 nitrogen and oxygen atoms in total. The van der Waals surface area contributed by atoms with Gasteiger partial charge in [-0.25, -0.2) is 18.2 Å². The van der Waals surface area contributed by atoms with Crippen LogP contribution in [0.15, 0.2) is 17.5 Å². The number of hydrogen-bond acceptors (Lipinski definition) is 3. The summed E-state index contributed by atoms with van der Waals surface area (Å²) in [7, 11) is 0. The predicted octanol–water partition coefficient (Wildman–Crippen LogP) is 3.55. The van der Waals surface area contributed by atoms with Gasteiger partial charge in [0.1, 0.15) is 0 Å². The largest absolute Gasteiger partial charge is 0.298 e. The van der Waals surface area contributed by atoms with Gasteiger partial charge in [-0.1, -0.05) is 0 Å². The summed E-state index contributed by atoms with van der Waals surface area (Å²) in [5.41, 5.74) is -0.0470. The molecule has 0 unspecified atom stereocenters. The number of hydrogen-bond donors (Lipinski definition) is 1. The summed E-state index contributed by atoms with van der Waals surface area (Å²) >= 11 is 6.63. The zero-order chi connectivity index (χ0) is 14.0. The van der Waals surface area contributed by atoms with Crippen LogP contribution >= 0.6 is 22.9 Å². The molecule has 1 aromatic carbocycles. The van der Waals surface area contributed by atoms with Crippen molar-refractivity contribution in [1.82, 2.24) is 4.98 Å². The fraction of sp³-hybridized carbons (Fsp3) is 0.0909. The molecule has 0 saturated carbocycles. The van der Waals surface area contributed by atoms with Crippen LogP contribution in [0.25, 0.3) is 0 Å². The molecule has 0 atom stereocenters. The van der Waals surface area contributed by atoms with Crippen molar-refractivity contribution >= 4 is 34.0 Å². The quantitative estimate of drug-likeness (QED) is 0.696. The summed E-state index contributed by atoms with van der Waals surface area (Å²) in [5, 5.41) is 4.10. The Balaban J connectivity index is 2.23. The number of nitrogens with one attached hydrogen (secondary N) is 1. The second kappa shape index (κ2) is 5.58. The minimum Gasteiger partial charge on any atom is -0.298 e. The standard InChI is InChI=1S/C11H6ClF3N2OS/c12-3-5-4-19-11(16-5)17-10(18)6-1-2-7(13)9(15)8(6)14/h1-2,4H,3H2,(H,16,17,18). The number of anilines is 1. The van der Waals surface area contributed by atoms with Gasteiger partial charge >= 0.3 is 0 Å². The van der Waals surface area contributed by atoms with E-state index in [4.69, 9.17) is 11.6 Å². The number of aromatic nitrogens is 1. The third kappa shape index (κ3) is 2.87. The molecule has 1 amide bonds. The molecule has 1 N–H and O–H groups in total. The lowest BCUT2D eigenvalue weighted by atomic mass is 10.2. The van der Waals surface area contributed by atoms with Crippen LogP contribution in [0.1, 0.15) is 16.1 Å². The topological polar surface area (TPSA) is 42.0 Å². The maximum Gasteiger partial charge on any atom is 0.260 e. The molecule has 0 bridgehead atoms. The Kier molecular flexibility index (Phi) is 4.06. The Hall–Kier alpha value is -1.60. The van der Waals surface area contributed by atoms with E-state index in [1.807, 2.05) is 0 Å². The fourth-order valence-corrected chi connectivity index (χ4v) is 2.23. The van der Waals surface area contributed by atoms with E-state index in [0.717, 1.165) is 17.4 Å². The number of halogens is 4. The van der Waals surface area contributed by atoms with E-state index in [9.17, 15) is 18.0 Å². The maximum absolute atomic E-state index is 13.4. The maximum atomic E-state index is 13.4. The number of alkyl halides is 1. The van der Waals surface area contributed by atoms with Crippen LogP contribution in [-0.4, -0.2) is 10.9 Å². The molecule has 1 heterocycles. The first kappa shape index (κ1) is 13.8. The van der Waals surface area contributed by atoms with E-state index in [0.29, 0.717) is 11.8 Å². The minimum absolute atomic E-state index is 0.173. The van der Waals surface area contributed by atoms with Crippen LogP contribution in [0.2, 0.25) is 0 Å². The lowest BCUT2D eigenvalue weighted by Crippen LogP contribution is -2.15. The van der Waals surface area contributed by atoms with Crippen molar-refractivity contribution in [2.45, 2.75) is 5.88 Å². The van der Waals surface area contributed by atoms with Gasteiger partial charge in [0.05, 0.1) is 17.1 Å². The average molecular weight is 307 g/mol. The Labute approximate surface area is 115 Å². The van der Waals surface area contributed by atoms with Gasteiger partial charge in [0.15, 0.2) is 22.6 Å². The molecule has 1 aromatic heterocycles. The molecule has 2 aromatic rings. The average Bonchev–Trinajstić information content (AvgIpc) is 2.83. The molecule has 0 saturated heterocycles. The van der Waals surface area contributed by atoms with E-state index in [2.05, 4.69) is 10.3 Å². The van der Waals surface area contributed by atoms with E-state index in [1.165, 1.54) is 0 Å². The summed E-state index contributed by atoms with van der Waals surface area (Å²) in [4.78, 5) is 15.6. The molecule has 100 valence electrons. The summed E-state index contributed by atoms with van der Waals surface area (Å²) in [5.74, 6) is -5.31. The molecular formula is C11H6ClF3N2OS. The smallest absolute Gasteiger partial charge is 0.260 e. The molecule has 0 aliphatic heterocycles. The molecule has 0 aliphatic carbocycles. The van der Waals surface area contributed by atoms with E-state index >= 15 is 0 Å². The Morgan fingerprint density at radius 2 is 2.05 bits per heavy atom. The SMILES string of the molecule is O=C(Nc1nc(CCl)cs1)c1ccc(F)c(F)c1F. The Bertz CT molecular complexity index is 632. The highest BCUT2D eigenvalue weighted by Gasteiger charge is 2.19. The van der Waals surface area contributed by atoms with Gasteiger partial charge in [0, 0.05) is 5.38 Å². The monoisotopic (exact) mass is 306 g/mol. The van der Waals surface area contributed by atoms with Crippen LogP contribution in [0.5, 0.6) is 0 Å². The van der Waals surface area contributed by atoms with Crippen LogP contribution < -0.4 is 5.32 Å². The first-order chi connectivity index (χ1) is 9.02. The zero-order valence-electron chi connectivity index (χ0n) is 9.21. The van der Waals surface area contributed by atoms with Gasteiger partial charge in [0.2, 0.25) is 0 Å². The van der Waals surface area contributed by atoms with Gasteiger partial charge in [0.25, 0.3) is 5.91 Å². The van der Waals surface area contributed by atoms with Crippen LogP contribution in [0.3, 0.4) is 0 Å². The third-order valence-corrected chi connectivity index (χ3v) is 3.27. The molecule has 8 heteroatoms. The lowest BCUT2D eigenvalue weighted by molar-refractivity contribution is 0.102. The third-order valence-electron chi connectivity index (χ3n) is 2.19. The van der Waals surface area contributed by atoms with Crippen molar-refractivity contribution in [1.29, 1.82) is 0 Å². The van der Waals surface area contributed by atoms with Gasteiger partial charge in [-0.05, 0) is 12.1 Å². The lowest BCUT2D eigenvalue weighted by Gasteiger charge is -2.04. The van der Waals surface area contributed by atoms with Crippen LogP contribution in [0, 0.1) is 17.5 Å². The van der Waals surface area contributed by atoms with Crippen molar-refractivity contribution in [2.24, 2.45) is 0 Å². The molecule has 19 heavy (non-hydrogen) atoms. The first-order valence-corrected chi connectivity index (χ1v) is 6.39. The van der Waals surface area contributed by atoms with Gasteiger partial charge < -0.3 is 0 Å². The Morgan fingerprint density at radius 1 is 1.32 bits per heavy atom. The zero-order valence-corrected chi connectivity index (χ0v) is 10.8. The van der Waals surface area contributed by atoms with Crippen molar-refractivity contribution in [3.05, 3.63) is 46.2 Å². The molecule has 0 radical (unpaired) electrons. The van der Waals surface area contributed by atoms with Crippen molar-refractivity contribution in [2.75, 3.05) is 5.32 Å². The minimum atomic E-state index is -1.69. The van der Waals surface area contributed by atoms with E-state index in [1.54, 1.807) is 5.38 Å². The van der Waals surface area contributed by atoms with E-state index in [-0.39, 0.29) is 11.0 Å². The second-order valence-electron chi connectivity index (χ2n) is 3.45. The highest BCUT2D eigenvalue weighted by atomic mass is 35.5. The number of benzene rings is 1. The number of nitrogens with zero attached hydrogens (tertiary/aromatic N) is 1. The Morgan fingerprint density at radius 3 is 2.68 bits per heavy atom. The summed E-state index contributed by atoms with van der Waals surface area (Å²) < 4.78 is 39.1. The van der Waals surface area contributed by atoms with E-state index < -0.39 is 28.9 Å². The number of rotatable bonds is 3. The molecule has 2 rings (SSSR count). The van der Waals surface area contributed by atoms with Crippen molar-refractivity contribution in [3.63, 3.8) is 0 Å². The molecule has 0 spiro atoms. The van der Waals surface area contributed by atoms with Crippen LogP contribution in [0.4, 0.5) is 18.3 Å². The second-order valence-corrected chi connectivity index (χ2v) is 4.58. The molecular weight excluding hydrogens is 301 g/mol. The van der Waals surface area contributed by atoms with Gasteiger partial charge in [-0.2, -0.15) is 0 Å². The number of carbonyl (C=O) groups excluding carboxylic acids is 1. The fourth-order valence-electron chi connectivity index (χ4n) is 1.29. The highest BCUT2D eigenvalue weighted by molar-refractivity contribution is 7.14. The van der Waals surface area contributed by atoms with Gasteiger partial charge in [-0.15, -0.1) is 22.9 Å². The summed E-state index contributed by atoms with van der Waals surface area (Å²) in [6, 6.07) is 1.54. The molecule has 0 aliphatic rings. The molecule has 0 fully saturated rings. The highest BCUT2D eigenvalue weighted by Crippen LogP contribution is 2.20. The number of thiazole rings is 1. The van der Waals surface area contributed by atoms with Crippen molar-refractivity contribution in [3.8, 4) is 0 Å². The van der Waals surface area contributed by atoms with Crippen LogP contribution in [-0.2, 0) is 5.88 Å². The number of amides is 1. The van der Waals surface area contributed by atoms with Crippen molar-refractivity contribution < 1.29 is 18.0 Å².